The van der Waals surface area contributed by atoms with Gasteiger partial charge in [-0.25, -0.2) is 18.2 Å². The molecule has 0 bridgehead atoms. The minimum atomic E-state index is -3.93. The number of sulfonamides is 1. The molecule has 35 heavy (non-hydrogen) atoms. The lowest BCUT2D eigenvalue weighted by Gasteiger charge is -2.13. The highest BCUT2D eigenvalue weighted by Gasteiger charge is 2.19. The van der Waals surface area contributed by atoms with Crippen LogP contribution in [0.4, 0.5) is 5.69 Å². The molecule has 1 N–H and O–H groups in total. The van der Waals surface area contributed by atoms with Crippen LogP contribution in [0.5, 0.6) is 11.5 Å². The van der Waals surface area contributed by atoms with E-state index in [1.165, 1.54) is 28.4 Å². The molecule has 0 fully saturated rings. The predicted molar refractivity (Wildman–Crippen MR) is 131 cm³/mol. The summed E-state index contributed by atoms with van der Waals surface area (Å²) < 4.78 is 44.8. The van der Waals surface area contributed by atoms with Crippen molar-refractivity contribution in [2.24, 2.45) is 14.1 Å². The number of methoxy groups -OCH3 is 1. The maximum atomic E-state index is 13.1. The number of hydrogen-bond acceptors (Lipinski definition) is 6. The number of hydrogen-bond donors (Lipinski definition) is 1. The molecular formula is C24H23N5O5S. The van der Waals surface area contributed by atoms with E-state index in [2.05, 4.69) is 9.71 Å². The maximum Gasteiger partial charge on any atom is 0.328 e. The quantitative estimate of drug-likeness (QED) is 0.373. The highest BCUT2D eigenvalue weighted by atomic mass is 32.2. The Balaban J connectivity index is 1.40. The van der Waals surface area contributed by atoms with Gasteiger partial charge in [-0.3, -0.25) is 13.9 Å². The van der Waals surface area contributed by atoms with Gasteiger partial charge >= 0.3 is 5.69 Å². The van der Waals surface area contributed by atoms with Crippen LogP contribution in [0, 0.1) is 0 Å². The second-order valence-electron chi connectivity index (χ2n) is 8.01. The topological polar surface area (TPSA) is 109 Å². The van der Waals surface area contributed by atoms with E-state index in [1.807, 2.05) is 35.0 Å². The van der Waals surface area contributed by atoms with Crippen LogP contribution in [0.25, 0.3) is 16.7 Å². The Morgan fingerprint density at radius 2 is 1.77 bits per heavy atom. The van der Waals surface area contributed by atoms with Gasteiger partial charge in [0.2, 0.25) is 0 Å². The van der Waals surface area contributed by atoms with E-state index in [1.54, 1.807) is 38.4 Å². The number of pyridine rings is 1. The van der Waals surface area contributed by atoms with Crippen molar-refractivity contribution in [3.63, 3.8) is 0 Å². The zero-order chi connectivity index (χ0) is 24.7. The fourth-order valence-corrected chi connectivity index (χ4v) is 5.00. The molecule has 3 aromatic heterocycles. The standard InChI is InChI=1S/C24H23N5O5S/c1-27-19-9-8-18(13-20(19)28(2)24(27)30)35(31,32)26-16-7-10-21(33-3)22(12-16)34-15-17-14-29-11-5-4-6-23(29)25-17/h4-14,26H,15H2,1-3H3. The van der Waals surface area contributed by atoms with E-state index < -0.39 is 10.0 Å². The largest absolute Gasteiger partial charge is 0.493 e. The van der Waals surface area contributed by atoms with Gasteiger partial charge in [0.25, 0.3) is 10.0 Å². The molecule has 0 aliphatic carbocycles. The van der Waals surface area contributed by atoms with E-state index in [0.717, 1.165) is 5.65 Å². The number of aryl methyl sites for hydroxylation is 2. The molecule has 5 rings (SSSR count). The summed E-state index contributed by atoms with van der Waals surface area (Å²) in [6.07, 6.45) is 3.76. The molecule has 180 valence electrons. The molecule has 5 aromatic rings. The van der Waals surface area contributed by atoms with Crippen molar-refractivity contribution in [1.29, 1.82) is 0 Å². The zero-order valence-electron chi connectivity index (χ0n) is 19.3. The van der Waals surface area contributed by atoms with Crippen molar-refractivity contribution in [2.45, 2.75) is 11.5 Å². The van der Waals surface area contributed by atoms with Crippen LogP contribution in [-0.2, 0) is 30.7 Å². The van der Waals surface area contributed by atoms with Crippen molar-refractivity contribution in [2.75, 3.05) is 11.8 Å². The number of imidazole rings is 2. The second kappa shape index (κ2) is 8.51. The summed E-state index contributed by atoms with van der Waals surface area (Å²) >= 11 is 0. The third-order valence-electron chi connectivity index (χ3n) is 5.76. The van der Waals surface area contributed by atoms with Gasteiger partial charge in [0, 0.05) is 32.6 Å². The summed E-state index contributed by atoms with van der Waals surface area (Å²) in [5.41, 5.74) is 2.75. The minimum Gasteiger partial charge on any atom is -0.493 e. The summed E-state index contributed by atoms with van der Waals surface area (Å²) in [7, 11) is 0.821. The van der Waals surface area contributed by atoms with E-state index in [-0.39, 0.29) is 17.2 Å². The number of benzene rings is 2. The van der Waals surface area contributed by atoms with Gasteiger partial charge in [-0.2, -0.15) is 0 Å². The fourth-order valence-electron chi connectivity index (χ4n) is 3.93. The van der Waals surface area contributed by atoms with E-state index in [9.17, 15) is 13.2 Å². The summed E-state index contributed by atoms with van der Waals surface area (Å²) in [4.78, 5) is 16.7. The molecule has 0 saturated carbocycles. The van der Waals surface area contributed by atoms with Crippen molar-refractivity contribution in [3.8, 4) is 11.5 Å². The molecule has 2 aromatic carbocycles. The normalized spacial score (nSPS) is 11.7. The first-order chi connectivity index (χ1) is 16.8. The molecule has 0 aliphatic rings. The summed E-state index contributed by atoms with van der Waals surface area (Å²) in [6, 6.07) is 15.0. The van der Waals surface area contributed by atoms with Crippen molar-refractivity contribution in [1.82, 2.24) is 18.5 Å². The van der Waals surface area contributed by atoms with Crippen LogP contribution in [-0.4, -0.2) is 34.0 Å². The SMILES string of the molecule is COc1ccc(NS(=O)(=O)c2ccc3c(c2)n(C)c(=O)n3C)cc1OCc1cn2ccccc2n1. The predicted octanol–water partition coefficient (Wildman–Crippen LogP) is 2.91. The molecule has 11 heteroatoms. The molecule has 0 unspecified atom stereocenters. The minimum absolute atomic E-state index is 0.0363. The Bertz CT molecular complexity index is 1700. The van der Waals surface area contributed by atoms with Gasteiger partial charge in [0.15, 0.2) is 11.5 Å². The van der Waals surface area contributed by atoms with E-state index >= 15 is 0 Å². The van der Waals surface area contributed by atoms with Gasteiger partial charge in [0.05, 0.1) is 34.4 Å². The maximum absolute atomic E-state index is 13.1. The Morgan fingerprint density at radius 3 is 2.54 bits per heavy atom. The summed E-state index contributed by atoms with van der Waals surface area (Å²) in [6.45, 7) is 0.174. The zero-order valence-corrected chi connectivity index (χ0v) is 20.1. The molecule has 3 heterocycles. The lowest BCUT2D eigenvalue weighted by atomic mass is 10.3. The van der Waals surface area contributed by atoms with E-state index in [0.29, 0.717) is 33.9 Å². The lowest BCUT2D eigenvalue weighted by molar-refractivity contribution is 0.281. The Kier molecular flexibility index (Phi) is 5.48. The van der Waals surface area contributed by atoms with Gasteiger partial charge in [-0.1, -0.05) is 6.07 Å². The number of rotatable bonds is 7. The molecule has 0 atom stereocenters. The van der Waals surface area contributed by atoms with Crippen LogP contribution in [0.15, 0.2) is 76.7 Å². The van der Waals surface area contributed by atoms with Gasteiger partial charge in [0.1, 0.15) is 12.3 Å². The van der Waals surface area contributed by atoms with Crippen LogP contribution in [0.1, 0.15) is 5.69 Å². The second-order valence-corrected chi connectivity index (χ2v) is 9.69. The average molecular weight is 494 g/mol. The smallest absolute Gasteiger partial charge is 0.328 e. The van der Waals surface area contributed by atoms with E-state index in [4.69, 9.17) is 9.47 Å². The molecular weight excluding hydrogens is 470 g/mol. The first kappa shape index (κ1) is 22.5. The third-order valence-corrected chi connectivity index (χ3v) is 7.14. The Labute approximate surface area is 201 Å². The highest BCUT2D eigenvalue weighted by Crippen LogP contribution is 2.32. The monoisotopic (exact) mass is 493 g/mol. The van der Waals surface area contributed by atoms with Crippen LogP contribution < -0.4 is 19.9 Å². The lowest BCUT2D eigenvalue weighted by Crippen LogP contribution is -2.19. The summed E-state index contributed by atoms with van der Waals surface area (Å²) in [5.74, 6) is 0.822. The van der Waals surface area contributed by atoms with Crippen molar-refractivity contribution < 1.29 is 17.9 Å². The number of nitrogens with one attached hydrogen (secondary N) is 1. The van der Waals surface area contributed by atoms with Crippen molar-refractivity contribution in [3.05, 3.63) is 83.2 Å². The van der Waals surface area contributed by atoms with Gasteiger partial charge in [-0.05, 0) is 42.5 Å². The highest BCUT2D eigenvalue weighted by molar-refractivity contribution is 7.92. The fraction of sp³-hybridized carbons (Fsp3) is 0.167. The molecule has 0 aliphatic heterocycles. The Hall–Kier alpha value is -4.25. The third kappa shape index (κ3) is 4.10. The number of aromatic nitrogens is 4. The van der Waals surface area contributed by atoms with Crippen LogP contribution in [0.2, 0.25) is 0 Å². The Morgan fingerprint density at radius 1 is 0.971 bits per heavy atom. The molecule has 10 nitrogen and oxygen atoms in total. The number of fused-ring (bicyclic) bond motifs is 2. The molecule has 0 amide bonds. The van der Waals surface area contributed by atoms with Crippen molar-refractivity contribution >= 4 is 32.4 Å². The molecule has 0 radical (unpaired) electrons. The van der Waals surface area contributed by atoms with Gasteiger partial charge in [-0.15, -0.1) is 0 Å². The number of anilines is 1. The number of nitrogens with zero attached hydrogens (tertiary/aromatic N) is 4. The van der Waals surface area contributed by atoms with Gasteiger partial charge < -0.3 is 13.9 Å². The molecule has 0 saturated heterocycles. The number of ether oxygens (including phenoxy) is 2. The molecule has 0 spiro atoms. The van der Waals surface area contributed by atoms with Crippen LogP contribution >= 0.6 is 0 Å². The average Bonchev–Trinajstić information content (AvgIpc) is 3.37. The summed E-state index contributed by atoms with van der Waals surface area (Å²) in [5, 5.41) is 0. The first-order valence-corrected chi connectivity index (χ1v) is 12.2. The van der Waals surface area contributed by atoms with Crippen LogP contribution in [0.3, 0.4) is 0 Å². The first-order valence-electron chi connectivity index (χ1n) is 10.7.